The predicted molar refractivity (Wildman–Crippen MR) is 163 cm³/mol. The van der Waals surface area contributed by atoms with E-state index < -0.39 is 10.0 Å². The second-order valence-corrected chi connectivity index (χ2v) is 13.9. The highest BCUT2D eigenvalue weighted by molar-refractivity contribution is 8.33. The summed E-state index contributed by atoms with van der Waals surface area (Å²) in [5.74, 6) is 1.90. The molecule has 0 N–H and O–H groups in total. The number of allylic oxidation sites excluding steroid dienone is 4. The van der Waals surface area contributed by atoms with E-state index in [-0.39, 0.29) is 5.92 Å². The van der Waals surface area contributed by atoms with Crippen molar-refractivity contribution in [2.75, 3.05) is 17.4 Å². The molecule has 5 aromatic rings. The molecule has 0 radical (unpaired) electrons. The zero-order valence-electron chi connectivity index (χ0n) is 22.1. The van der Waals surface area contributed by atoms with Gasteiger partial charge in [-0.05, 0) is 79.6 Å². The average Bonchev–Trinajstić information content (AvgIpc) is 3.44. The van der Waals surface area contributed by atoms with Crippen molar-refractivity contribution in [3.05, 3.63) is 133 Å². The number of para-hydroxylation sites is 3. The number of benzene rings is 4. The fourth-order valence-corrected chi connectivity index (χ4v) is 8.09. The van der Waals surface area contributed by atoms with Gasteiger partial charge in [0.25, 0.3) is 0 Å². The van der Waals surface area contributed by atoms with Crippen LogP contribution < -0.4 is 4.90 Å². The fraction of sp³-hybridized carbons (Fsp3) is 0.118. The lowest BCUT2D eigenvalue weighted by atomic mass is 10.00. The lowest BCUT2D eigenvalue weighted by Crippen LogP contribution is -2.19. The molecule has 2 heterocycles. The minimum atomic E-state index is -1.11. The van der Waals surface area contributed by atoms with Gasteiger partial charge in [0.1, 0.15) is 5.82 Å². The highest BCUT2D eigenvalue weighted by Gasteiger charge is 2.33. The first kappa shape index (κ1) is 23.7. The SMILES string of the molecule is CS1(C)c2ccccc2N(c2ccc(-c3nc(C4C=CC=CC4)n(-c4ccccc4)n3)cc2)c2ccccc21. The van der Waals surface area contributed by atoms with E-state index in [1.165, 1.54) is 21.2 Å². The molecule has 1 aliphatic carbocycles. The average molecular weight is 527 g/mol. The molecule has 1 aromatic heterocycles. The van der Waals surface area contributed by atoms with Crippen LogP contribution in [0.2, 0.25) is 0 Å². The van der Waals surface area contributed by atoms with Crippen molar-refractivity contribution < 1.29 is 0 Å². The van der Waals surface area contributed by atoms with Crippen molar-refractivity contribution in [2.24, 2.45) is 0 Å². The highest BCUT2D eigenvalue weighted by atomic mass is 32.3. The normalized spacial score (nSPS) is 17.9. The zero-order valence-corrected chi connectivity index (χ0v) is 22.9. The summed E-state index contributed by atoms with van der Waals surface area (Å²) >= 11 is 0. The predicted octanol–water partition coefficient (Wildman–Crippen LogP) is 8.80. The smallest absolute Gasteiger partial charge is 0.181 e. The first-order valence-corrected chi connectivity index (χ1v) is 15.7. The molecule has 0 fully saturated rings. The second-order valence-electron chi connectivity index (χ2n) is 10.3. The molecule has 192 valence electrons. The Bertz CT molecular complexity index is 1660. The summed E-state index contributed by atoms with van der Waals surface area (Å²) in [4.78, 5) is 10.3. The molecule has 1 unspecified atom stereocenters. The van der Waals surface area contributed by atoms with Crippen molar-refractivity contribution in [3.63, 3.8) is 0 Å². The summed E-state index contributed by atoms with van der Waals surface area (Å²) in [6.45, 7) is 0. The number of nitrogens with zero attached hydrogens (tertiary/aromatic N) is 4. The molecule has 4 aromatic carbocycles. The standard InChI is InChI=1S/C34H30N4S/c1-39(2)31-19-11-9-17-29(31)37(30-18-10-12-20-32(30)39)27-23-21-25(22-24-27)33-35-34(26-13-5-3-6-14-26)38(36-33)28-15-7-4-8-16-28/h3-13,15-24,26H,14H2,1-2H3. The number of hydrogen-bond donors (Lipinski definition) is 0. The van der Waals surface area contributed by atoms with Crippen LogP contribution in [-0.2, 0) is 0 Å². The Hall–Kier alpha value is -4.35. The third-order valence-electron chi connectivity index (χ3n) is 7.64. The molecule has 39 heavy (non-hydrogen) atoms. The third-order valence-corrected chi connectivity index (χ3v) is 10.5. The lowest BCUT2D eigenvalue weighted by molar-refractivity contribution is 0.715. The van der Waals surface area contributed by atoms with E-state index in [4.69, 9.17) is 10.1 Å². The van der Waals surface area contributed by atoms with E-state index in [1.807, 2.05) is 22.9 Å². The maximum atomic E-state index is 5.07. The Morgan fingerprint density at radius 3 is 1.97 bits per heavy atom. The zero-order chi connectivity index (χ0) is 26.4. The molecule has 7 rings (SSSR count). The monoisotopic (exact) mass is 526 g/mol. The summed E-state index contributed by atoms with van der Waals surface area (Å²) in [6, 6.07) is 36.7. The molecule has 0 spiro atoms. The molecular formula is C34H30N4S. The lowest BCUT2D eigenvalue weighted by Gasteiger charge is -2.45. The van der Waals surface area contributed by atoms with Crippen LogP contribution in [0.1, 0.15) is 18.2 Å². The van der Waals surface area contributed by atoms with Gasteiger partial charge in [-0.2, -0.15) is 10.0 Å². The molecule has 0 amide bonds. The van der Waals surface area contributed by atoms with Gasteiger partial charge in [-0.1, -0.05) is 66.8 Å². The van der Waals surface area contributed by atoms with Gasteiger partial charge in [-0.15, -0.1) is 5.10 Å². The van der Waals surface area contributed by atoms with E-state index >= 15 is 0 Å². The first-order valence-electron chi connectivity index (χ1n) is 13.3. The van der Waals surface area contributed by atoms with Crippen LogP contribution in [0.3, 0.4) is 0 Å². The Balaban J connectivity index is 1.30. The molecule has 4 nitrogen and oxygen atoms in total. The quantitative estimate of drug-likeness (QED) is 0.235. The van der Waals surface area contributed by atoms with Gasteiger partial charge < -0.3 is 4.90 Å². The topological polar surface area (TPSA) is 34.0 Å². The van der Waals surface area contributed by atoms with Crippen molar-refractivity contribution >= 4 is 27.1 Å². The third kappa shape index (κ3) is 4.01. The molecule has 1 atom stereocenters. The molecule has 2 aliphatic rings. The summed E-state index contributed by atoms with van der Waals surface area (Å²) in [5.41, 5.74) is 5.69. The van der Waals surface area contributed by atoms with Crippen LogP contribution in [0.4, 0.5) is 17.1 Å². The Labute approximate surface area is 231 Å². The Morgan fingerprint density at radius 1 is 0.692 bits per heavy atom. The number of aromatic nitrogens is 3. The van der Waals surface area contributed by atoms with Gasteiger partial charge in [0.15, 0.2) is 5.82 Å². The molecule has 5 heteroatoms. The van der Waals surface area contributed by atoms with Crippen LogP contribution >= 0.6 is 10.0 Å². The van der Waals surface area contributed by atoms with Crippen molar-refractivity contribution in [2.45, 2.75) is 22.1 Å². The molecule has 0 saturated carbocycles. The van der Waals surface area contributed by atoms with Crippen LogP contribution in [0.25, 0.3) is 17.1 Å². The van der Waals surface area contributed by atoms with Gasteiger partial charge >= 0.3 is 0 Å². The van der Waals surface area contributed by atoms with Crippen molar-refractivity contribution in [3.8, 4) is 17.1 Å². The molecule has 1 aliphatic heterocycles. The highest BCUT2D eigenvalue weighted by Crippen LogP contribution is 2.67. The Morgan fingerprint density at radius 2 is 1.33 bits per heavy atom. The summed E-state index contributed by atoms with van der Waals surface area (Å²) in [7, 11) is -1.11. The van der Waals surface area contributed by atoms with Crippen LogP contribution in [0.15, 0.2) is 137 Å². The first-order chi connectivity index (χ1) is 19.1. The summed E-state index contributed by atoms with van der Waals surface area (Å²) < 4.78 is 2.00. The van der Waals surface area contributed by atoms with E-state index in [0.29, 0.717) is 0 Å². The minimum Gasteiger partial charge on any atom is -0.308 e. The largest absolute Gasteiger partial charge is 0.308 e. The second kappa shape index (κ2) is 9.44. The summed E-state index contributed by atoms with van der Waals surface area (Å²) in [5, 5.41) is 5.00. The van der Waals surface area contributed by atoms with Gasteiger partial charge in [0.2, 0.25) is 0 Å². The van der Waals surface area contributed by atoms with Gasteiger partial charge in [-0.25, -0.2) is 9.67 Å². The van der Waals surface area contributed by atoms with Gasteiger partial charge in [0, 0.05) is 27.0 Å². The van der Waals surface area contributed by atoms with Crippen LogP contribution in [0.5, 0.6) is 0 Å². The summed E-state index contributed by atoms with van der Waals surface area (Å²) in [6.07, 6.45) is 14.3. The van der Waals surface area contributed by atoms with Crippen LogP contribution in [-0.4, -0.2) is 27.3 Å². The number of rotatable bonds is 4. The molecule has 0 bridgehead atoms. The van der Waals surface area contributed by atoms with Gasteiger partial charge in [-0.3, -0.25) is 0 Å². The maximum absolute atomic E-state index is 5.07. The maximum Gasteiger partial charge on any atom is 0.181 e. The Kier molecular flexibility index (Phi) is 5.75. The number of anilines is 3. The van der Waals surface area contributed by atoms with E-state index in [0.717, 1.165) is 35.0 Å². The van der Waals surface area contributed by atoms with E-state index in [9.17, 15) is 0 Å². The number of hydrogen-bond acceptors (Lipinski definition) is 3. The fourth-order valence-electron chi connectivity index (χ4n) is 5.65. The number of fused-ring (bicyclic) bond motifs is 2. The van der Waals surface area contributed by atoms with Crippen molar-refractivity contribution in [1.29, 1.82) is 0 Å². The molecular weight excluding hydrogens is 496 g/mol. The van der Waals surface area contributed by atoms with Crippen LogP contribution in [0, 0.1) is 0 Å². The van der Waals surface area contributed by atoms with Gasteiger partial charge in [0.05, 0.1) is 17.1 Å². The minimum absolute atomic E-state index is 0.197. The van der Waals surface area contributed by atoms with E-state index in [1.54, 1.807) is 0 Å². The molecule has 0 saturated heterocycles. The van der Waals surface area contributed by atoms with E-state index in [2.05, 4.69) is 127 Å². The van der Waals surface area contributed by atoms with Crippen molar-refractivity contribution in [1.82, 2.24) is 14.8 Å².